The predicted molar refractivity (Wildman–Crippen MR) is 70.9 cm³/mol. The number of aromatic nitrogens is 2. The fourth-order valence-electron chi connectivity index (χ4n) is 2.08. The van der Waals surface area contributed by atoms with Crippen LogP contribution in [0.4, 0.5) is 5.95 Å². The van der Waals surface area contributed by atoms with Gasteiger partial charge in [-0.25, -0.2) is 9.97 Å². The topological polar surface area (TPSA) is 66.9 Å². The molecule has 0 radical (unpaired) electrons. The molecule has 0 aliphatic heterocycles. The fourth-order valence-corrected chi connectivity index (χ4v) is 2.36. The zero-order valence-corrected chi connectivity index (χ0v) is 11.0. The van der Waals surface area contributed by atoms with Gasteiger partial charge in [0, 0.05) is 18.7 Å². The van der Waals surface area contributed by atoms with Crippen LogP contribution in [0.3, 0.4) is 0 Å². The lowest BCUT2D eigenvalue weighted by Crippen LogP contribution is -2.17. The van der Waals surface area contributed by atoms with Gasteiger partial charge < -0.3 is 10.6 Å². The van der Waals surface area contributed by atoms with Gasteiger partial charge in [0.25, 0.3) is 0 Å². The van der Waals surface area contributed by atoms with Crippen LogP contribution >= 0.6 is 11.6 Å². The van der Waals surface area contributed by atoms with E-state index in [0.29, 0.717) is 24.1 Å². The van der Waals surface area contributed by atoms with Gasteiger partial charge in [-0.3, -0.25) is 4.79 Å². The van der Waals surface area contributed by atoms with E-state index in [1.54, 1.807) is 0 Å². The molecule has 18 heavy (non-hydrogen) atoms. The molecule has 98 valence electrons. The molecule has 0 saturated carbocycles. The molecule has 1 amide bonds. The third-order valence-electron chi connectivity index (χ3n) is 3.00. The maximum absolute atomic E-state index is 10.1. The van der Waals surface area contributed by atoms with Crippen molar-refractivity contribution in [2.24, 2.45) is 0 Å². The molecule has 1 aromatic rings. The number of halogens is 1. The highest BCUT2D eigenvalue weighted by molar-refractivity contribution is 6.30. The molecule has 1 heterocycles. The molecule has 2 N–H and O–H groups in total. The second-order valence-corrected chi connectivity index (χ2v) is 4.68. The molecule has 0 saturated heterocycles. The Morgan fingerprint density at radius 3 is 2.89 bits per heavy atom. The molecular weight excluding hydrogens is 252 g/mol. The standard InChI is InChI=1S/C12H17ClN4O/c13-11-9-4-1-2-5-10(9)16-12(17-11)15-7-3-6-14-8-18/h8H,1-7H2,(H,14,18)(H,15,16,17). The summed E-state index contributed by atoms with van der Waals surface area (Å²) in [4.78, 5) is 18.8. The van der Waals surface area contributed by atoms with Crippen LogP contribution in [-0.2, 0) is 17.6 Å². The largest absolute Gasteiger partial charge is 0.359 e. The Kier molecular flexibility index (Phi) is 4.75. The number of amides is 1. The second kappa shape index (κ2) is 6.54. The molecule has 0 aromatic carbocycles. The van der Waals surface area contributed by atoms with Crippen molar-refractivity contribution in [2.75, 3.05) is 18.4 Å². The summed E-state index contributed by atoms with van der Waals surface area (Å²) in [5, 5.41) is 6.32. The number of carbonyl (C=O) groups is 1. The van der Waals surface area contributed by atoms with E-state index in [1.165, 1.54) is 12.8 Å². The van der Waals surface area contributed by atoms with E-state index in [9.17, 15) is 4.79 Å². The average molecular weight is 269 g/mol. The SMILES string of the molecule is O=CNCCCNc1nc(Cl)c2c(n1)CCCC2. The highest BCUT2D eigenvalue weighted by atomic mass is 35.5. The summed E-state index contributed by atoms with van der Waals surface area (Å²) in [5.74, 6) is 0.590. The van der Waals surface area contributed by atoms with Crippen LogP contribution in [0.25, 0.3) is 0 Å². The number of aryl methyl sites for hydroxylation is 1. The van der Waals surface area contributed by atoms with Gasteiger partial charge in [0.1, 0.15) is 5.15 Å². The number of rotatable bonds is 6. The van der Waals surface area contributed by atoms with Gasteiger partial charge >= 0.3 is 0 Å². The molecule has 6 heteroatoms. The summed E-state index contributed by atoms with van der Waals surface area (Å²) in [7, 11) is 0. The zero-order chi connectivity index (χ0) is 12.8. The van der Waals surface area contributed by atoms with Crippen molar-refractivity contribution < 1.29 is 4.79 Å². The molecule has 2 rings (SSSR count). The normalized spacial score (nSPS) is 13.8. The minimum Gasteiger partial charge on any atom is -0.359 e. The maximum atomic E-state index is 10.1. The average Bonchev–Trinajstić information content (AvgIpc) is 2.39. The van der Waals surface area contributed by atoms with E-state index in [4.69, 9.17) is 11.6 Å². The summed E-state index contributed by atoms with van der Waals surface area (Å²) in [6.07, 6.45) is 5.84. The summed E-state index contributed by atoms with van der Waals surface area (Å²) in [6.45, 7) is 1.37. The lowest BCUT2D eigenvalue weighted by molar-refractivity contribution is -0.109. The Bertz CT molecular complexity index is 425. The molecule has 0 fully saturated rings. The molecule has 0 unspecified atom stereocenters. The van der Waals surface area contributed by atoms with Crippen LogP contribution in [0.1, 0.15) is 30.5 Å². The van der Waals surface area contributed by atoms with Crippen molar-refractivity contribution in [1.29, 1.82) is 0 Å². The number of fused-ring (bicyclic) bond motifs is 1. The van der Waals surface area contributed by atoms with Crippen molar-refractivity contribution in [3.8, 4) is 0 Å². The number of nitrogens with one attached hydrogen (secondary N) is 2. The van der Waals surface area contributed by atoms with Gasteiger partial charge in [-0.2, -0.15) is 0 Å². The Labute approximate surface area is 111 Å². The van der Waals surface area contributed by atoms with Gasteiger partial charge in [0.15, 0.2) is 0 Å². The lowest BCUT2D eigenvalue weighted by atomic mass is 9.97. The van der Waals surface area contributed by atoms with Gasteiger partial charge in [-0.05, 0) is 32.1 Å². The number of carbonyl (C=O) groups excluding carboxylic acids is 1. The predicted octanol–water partition coefficient (Wildman–Crippen LogP) is 1.56. The quantitative estimate of drug-likeness (QED) is 0.467. The second-order valence-electron chi connectivity index (χ2n) is 4.32. The molecule has 0 bridgehead atoms. The van der Waals surface area contributed by atoms with E-state index >= 15 is 0 Å². The van der Waals surface area contributed by atoms with Crippen LogP contribution in [0.2, 0.25) is 5.15 Å². The van der Waals surface area contributed by atoms with Crippen molar-refractivity contribution in [1.82, 2.24) is 15.3 Å². The summed E-state index contributed by atoms with van der Waals surface area (Å²) in [6, 6.07) is 0. The van der Waals surface area contributed by atoms with E-state index in [2.05, 4.69) is 20.6 Å². The highest BCUT2D eigenvalue weighted by Gasteiger charge is 2.16. The van der Waals surface area contributed by atoms with Crippen LogP contribution in [0, 0.1) is 0 Å². The first-order valence-corrected chi connectivity index (χ1v) is 6.65. The van der Waals surface area contributed by atoms with E-state index in [0.717, 1.165) is 37.1 Å². The molecular formula is C12H17ClN4O. The smallest absolute Gasteiger partial charge is 0.224 e. The summed E-state index contributed by atoms with van der Waals surface area (Å²) in [5.41, 5.74) is 2.19. The molecule has 1 aliphatic carbocycles. The fraction of sp³-hybridized carbons (Fsp3) is 0.583. The van der Waals surface area contributed by atoms with E-state index in [-0.39, 0.29) is 0 Å². The molecule has 5 nitrogen and oxygen atoms in total. The Morgan fingerprint density at radius 1 is 1.22 bits per heavy atom. The lowest BCUT2D eigenvalue weighted by Gasteiger charge is -2.16. The van der Waals surface area contributed by atoms with Crippen LogP contribution in [-0.4, -0.2) is 29.5 Å². The Morgan fingerprint density at radius 2 is 2.06 bits per heavy atom. The van der Waals surface area contributed by atoms with Crippen molar-refractivity contribution in [3.63, 3.8) is 0 Å². The number of anilines is 1. The van der Waals surface area contributed by atoms with E-state index in [1.807, 2.05) is 0 Å². The monoisotopic (exact) mass is 268 g/mol. The minimum absolute atomic E-state index is 0.577. The minimum atomic E-state index is 0.577. The van der Waals surface area contributed by atoms with Crippen LogP contribution in [0.5, 0.6) is 0 Å². The van der Waals surface area contributed by atoms with Crippen LogP contribution < -0.4 is 10.6 Å². The number of hydrogen-bond acceptors (Lipinski definition) is 4. The zero-order valence-electron chi connectivity index (χ0n) is 10.2. The molecule has 0 atom stereocenters. The first-order chi connectivity index (χ1) is 8.81. The Balaban J connectivity index is 1.93. The highest BCUT2D eigenvalue weighted by Crippen LogP contribution is 2.26. The summed E-state index contributed by atoms with van der Waals surface area (Å²) < 4.78 is 0. The maximum Gasteiger partial charge on any atom is 0.224 e. The molecule has 1 aliphatic rings. The third kappa shape index (κ3) is 3.32. The van der Waals surface area contributed by atoms with Crippen molar-refractivity contribution >= 4 is 24.0 Å². The van der Waals surface area contributed by atoms with Crippen molar-refractivity contribution in [3.05, 3.63) is 16.4 Å². The van der Waals surface area contributed by atoms with Crippen LogP contribution in [0.15, 0.2) is 0 Å². The van der Waals surface area contributed by atoms with Gasteiger partial charge in [-0.1, -0.05) is 11.6 Å². The first kappa shape index (κ1) is 13.1. The third-order valence-corrected chi connectivity index (χ3v) is 3.31. The first-order valence-electron chi connectivity index (χ1n) is 6.27. The summed E-state index contributed by atoms with van der Waals surface area (Å²) >= 11 is 6.16. The number of hydrogen-bond donors (Lipinski definition) is 2. The van der Waals surface area contributed by atoms with Gasteiger partial charge in [0.05, 0.1) is 5.69 Å². The van der Waals surface area contributed by atoms with Crippen molar-refractivity contribution in [2.45, 2.75) is 32.1 Å². The van der Waals surface area contributed by atoms with Gasteiger partial charge in [0.2, 0.25) is 12.4 Å². The van der Waals surface area contributed by atoms with Gasteiger partial charge in [-0.15, -0.1) is 0 Å². The number of nitrogens with zero attached hydrogens (tertiary/aromatic N) is 2. The Hall–Kier alpha value is -1.36. The molecule has 0 spiro atoms. The van der Waals surface area contributed by atoms with E-state index < -0.39 is 0 Å². The molecule has 1 aromatic heterocycles.